The molecule has 1 unspecified atom stereocenters. The van der Waals surface area contributed by atoms with Crippen molar-refractivity contribution in [1.29, 1.82) is 0 Å². The van der Waals surface area contributed by atoms with E-state index >= 15 is 0 Å². The van der Waals surface area contributed by atoms with Crippen LogP contribution in [0.2, 0.25) is 5.02 Å². The molecule has 16 heavy (non-hydrogen) atoms. The second-order valence-corrected chi connectivity index (χ2v) is 3.83. The number of hydrogen-bond acceptors (Lipinski definition) is 3. The molecule has 2 rings (SSSR count). The molecule has 2 heterocycles. The fourth-order valence-electron chi connectivity index (χ4n) is 1.63. The average molecular weight is 237 g/mol. The molecule has 0 aliphatic rings. The summed E-state index contributed by atoms with van der Waals surface area (Å²) < 4.78 is 1.79. The third-order valence-electron chi connectivity index (χ3n) is 2.43. The normalized spacial score (nSPS) is 12.7. The molecule has 2 aromatic rings. The molecular formula is C11H13ClN4. The van der Waals surface area contributed by atoms with Crippen molar-refractivity contribution in [3.8, 4) is 0 Å². The molecule has 1 atom stereocenters. The predicted molar refractivity (Wildman–Crippen MR) is 63.2 cm³/mol. The molecule has 0 saturated carbocycles. The Kier molecular flexibility index (Phi) is 3.22. The summed E-state index contributed by atoms with van der Waals surface area (Å²) in [5, 5.41) is 4.74. The van der Waals surface area contributed by atoms with E-state index in [-0.39, 0.29) is 6.04 Å². The maximum atomic E-state index is 6.13. The van der Waals surface area contributed by atoms with E-state index in [1.54, 1.807) is 17.1 Å². The molecule has 0 spiro atoms. The maximum absolute atomic E-state index is 6.13. The van der Waals surface area contributed by atoms with Crippen molar-refractivity contribution in [2.75, 3.05) is 0 Å². The third kappa shape index (κ3) is 1.94. The van der Waals surface area contributed by atoms with Gasteiger partial charge in [0.15, 0.2) is 0 Å². The van der Waals surface area contributed by atoms with Crippen LogP contribution < -0.4 is 5.73 Å². The molecule has 2 aromatic heterocycles. The van der Waals surface area contributed by atoms with Gasteiger partial charge in [0.1, 0.15) is 0 Å². The van der Waals surface area contributed by atoms with Crippen LogP contribution in [0.3, 0.4) is 0 Å². The topological polar surface area (TPSA) is 56.7 Å². The van der Waals surface area contributed by atoms with Gasteiger partial charge in [-0.05, 0) is 19.1 Å². The number of rotatable bonds is 3. The van der Waals surface area contributed by atoms with Crippen molar-refractivity contribution in [3.05, 3.63) is 47.0 Å². The number of nitrogens with zero attached hydrogens (tertiary/aromatic N) is 3. The van der Waals surface area contributed by atoms with Gasteiger partial charge in [0, 0.05) is 12.7 Å². The molecule has 4 nitrogen and oxygen atoms in total. The second-order valence-electron chi connectivity index (χ2n) is 3.43. The zero-order valence-corrected chi connectivity index (χ0v) is 9.72. The smallest absolute Gasteiger partial charge is 0.0912 e. The molecule has 84 valence electrons. The molecule has 0 amide bonds. The summed E-state index contributed by atoms with van der Waals surface area (Å²) in [5.41, 5.74) is 7.73. The van der Waals surface area contributed by atoms with Gasteiger partial charge in [0.05, 0.1) is 28.6 Å². The van der Waals surface area contributed by atoms with Crippen LogP contribution in [0.25, 0.3) is 0 Å². The Morgan fingerprint density at radius 2 is 2.31 bits per heavy atom. The Bertz CT molecular complexity index is 466. The fraction of sp³-hybridized carbons (Fsp3) is 0.273. The molecule has 0 fully saturated rings. The van der Waals surface area contributed by atoms with Crippen molar-refractivity contribution in [3.63, 3.8) is 0 Å². The third-order valence-corrected chi connectivity index (χ3v) is 2.72. The summed E-state index contributed by atoms with van der Waals surface area (Å²) in [6, 6.07) is 5.31. The van der Waals surface area contributed by atoms with Crippen LogP contribution in [0, 0.1) is 0 Å². The molecule has 0 radical (unpaired) electrons. The van der Waals surface area contributed by atoms with Crippen molar-refractivity contribution in [1.82, 2.24) is 14.8 Å². The highest BCUT2D eigenvalue weighted by Crippen LogP contribution is 2.24. The zero-order valence-electron chi connectivity index (χ0n) is 8.97. The largest absolute Gasteiger partial charge is 0.318 e. The number of nitrogens with two attached hydrogens (primary N) is 1. The van der Waals surface area contributed by atoms with E-state index in [0.29, 0.717) is 5.02 Å². The number of hydrogen-bond donors (Lipinski definition) is 1. The molecule has 2 N–H and O–H groups in total. The Morgan fingerprint density at radius 1 is 1.50 bits per heavy atom. The van der Waals surface area contributed by atoms with E-state index in [0.717, 1.165) is 17.9 Å². The molecule has 0 bridgehead atoms. The van der Waals surface area contributed by atoms with Crippen molar-refractivity contribution in [2.24, 2.45) is 5.73 Å². The summed E-state index contributed by atoms with van der Waals surface area (Å²) in [6.45, 7) is 2.74. The SMILES string of the molecule is CCn1ncc(Cl)c1C(N)c1ccccn1. The fourth-order valence-corrected chi connectivity index (χ4v) is 1.89. The highest BCUT2D eigenvalue weighted by Gasteiger charge is 2.18. The van der Waals surface area contributed by atoms with Gasteiger partial charge in [-0.15, -0.1) is 0 Å². The molecule has 0 aliphatic carbocycles. The van der Waals surface area contributed by atoms with Gasteiger partial charge in [-0.25, -0.2) is 0 Å². The molecular weight excluding hydrogens is 224 g/mol. The van der Waals surface area contributed by atoms with Gasteiger partial charge < -0.3 is 5.73 Å². The van der Waals surface area contributed by atoms with Crippen molar-refractivity contribution < 1.29 is 0 Å². The Morgan fingerprint density at radius 3 is 2.94 bits per heavy atom. The number of halogens is 1. The predicted octanol–water partition coefficient (Wildman–Crippen LogP) is 2.00. The first kappa shape index (κ1) is 11.1. The van der Waals surface area contributed by atoms with E-state index < -0.39 is 0 Å². The lowest BCUT2D eigenvalue weighted by Gasteiger charge is -2.13. The van der Waals surface area contributed by atoms with Gasteiger partial charge in [-0.2, -0.15) is 5.10 Å². The first-order valence-electron chi connectivity index (χ1n) is 5.11. The minimum absolute atomic E-state index is 0.337. The average Bonchev–Trinajstić information content (AvgIpc) is 2.70. The highest BCUT2D eigenvalue weighted by atomic mass is 35.5. The van der Waals surface area contributed by atoms with Crippen molar-refractivity contribution >= 4 is 11.6 Å². The van der Waals surface area contributed by atoms with Gasteiger partial charge in [0.2, 0.25) is 0 Å². The molecule has 5 heteroatoms. The van der Waals surface area contributed by atoms with Crippen LogP contribution in [0.5, 0.6) is 0 Å². The first-order valence-corrected chi connectivity index (χ1v) is 5.49. The molecule has 0 saturated heterocycles. The molecule has 0 aromatic carbocycles. The lowest BCUT2D eigenvalue weighted by atomic mass is 10.1. The minimum Gasteiger partial charge on any atom is -0.318 e. The van der Waals surface area contributed by atoms with Crippen LogP contribution in [0.4, 0.5) is 0 Å². The first-order chi connectivity index (χ1) is 7.74. The summed E-state index contributed by atoms with van der Waals surface area (Å²) in [7, 11) is 0. The quantitative estimate of drug-likeness (QED) is 0.887. The summed E-state index contributed by atoms with van der Waals surface area (Å²) in [5.74, 6) is 0. The summed E-state index contributed by atoms with van der Waals surface area (Å²) >= 11 is 6.08. The van der Waals surface area contributed by atoms with E-state index in [1.807, 2.05) is 25.1 Å². The Labute approximate surface area is 99.1 Å². The van der Waals surface area contributed by atoms with Gasteiger partial charge in [-0.1, -0.05) is 17.7 Å². The second kappa shape index (κ2) is 4.63. The van der Waals surface area contributed by atoms with Gasteiger partial charge in [0.25, 0.3) is 0 Å². The Balaban J connectivity index is 2.41. The lowest BCUT2D eigenvalue weighted by molar-refractivity contribution is 0.596. The monoisotopic (exact) mass is 236 g/mol. The molecule has 0 aliphatic heterocycles. The van der Waals surface area contributed by atoms with Crippen molar-refractivity contribution in [2.45, 2.75) is 19.5 Å². The summed E-state index contributed by atoms with van der Waals surface area (Å²) in [6.07, 6.45) is 3.33. The summed E-state index contributed by atoms with van der Waals surface area (Å²) in [4.78, 5) is 4.23. The van der Waals surface area contributed by atoms with Crippen LogP contribution in [-0.4, -0.2) is 14.8 Å². The number of aryl methyl sites for hydroxylation is 1. The van der Waals surface area contributed by atoms with Crippen LogP contribution in [0.15, 0.2) is 30.6 Å². The van der Waals surface area contributed by atoms with E-state index in [1.165, 1.54) is 0 Å². The van der Waals surface area contributed by atoms with Gasteiger partial charge in [-0.3, -0.25) is 9.67 Å². The number of pyridine rings is 1. The van der Waals surface area contributed by atoms with E-state index in [2.05, 4.69) is 10.1 Å². The zero-order chi connectivity index (χ0) is 11.5. The van der Waals surface area contributed by atoms with Gasteiger partial charge >= 0.3 is 0 Å². The van der Waals surface area contributed by atoms with Crippen LogP contribution in [0.1, 0.15) is 24.4 Å². The van der Waals surface area contributed by atoms with E-state index in [4.69, 9.17) is 17.3 Å². The van der Waals surface area contributed by atoms with Crippen LogP contribution in [-0.2, 0) is 6.54 Å². The number of aromatic nitrogens is 3. The van der Waals surface area contributed by atoms with E-state index in [9.17, 15) is 0 Å². The highest BCUT2D eigenvalue weighted by molar-refractivity contribution is 6.31. The maximum Gasteiger partial charge on any atom is 0.0912 e. The lowest BCUT2D eigenvalue weighted by Crippen LogP contribution is -2.18. The van der Waals surface area contributed by atoms with Crippen LogP contribution >= 0.6 is 11.6 Å². The minimum atomic E-state index is -0.337. The standard InChI is InChI=1S/C11H13ClN4/c1-2-16-11(8(12)7-15-16)10(13)9-5-3-4-6-14-9/h3-7,10H,2,13H2,1H3. The Hall–Kier alpha value is -1.39.